The van der Waals surface area contributed by atoms with Crippen LogP contribution in [0.3, 0.4) is 0 Å². The normalized spacial score (nSPS) is 13.9. The third-order valence-corrected chi connectivity index (χ3v) is 3.42. The van der Waals surface area contributed by atoms with Gasteiger partial charge in [0.1, 0.15) is 5.82 Å². The van der Waals surface area contributed by atoms with E-state index in [2.05, 4.69) is 16.1 Å². The standard InChI is InChI=1S/C15H17N3O/c1-11(19)16-13-7-3-2-6-12(13)14-10-18-9-5-4-8-15(18)17-14/h2-3,6-7,10H,4-5,8-9H2,1H3,(H,16,19). The summed E-state index contributed by atoms with van der Waals surface area (Å²) in [5.41, 5.74) is 2.76. The maximum Gasteiger partial charge on any atom is 0.221 e. The Morgan fingerprint density at radius 1 is 1.32 bits per heavy atom. The minimum Gasteiger partial charge on any atom is -0.334 e. The molecule has 19 heavy (non-hydrogen) atoms. The van der Waals surface area contributed by atoms with Crippen molar-refractivity contribution in [1.29, 1.82) is 0 Å². The van der Waals surface area contributed by atoms with E-state index in [9.17, 15) is 4.79 Å². The number of carbonyl (C=O) groups excluding carboxylic acids is 1. The first-order valence-electron chi connectivity index (χ1n) is 6.67. The van der Waals surface area contributed by atoms with E-state index in [4.69, 9.17) is 4.98 Å². The summed E-state index contributed by atoms with van der Waals surface area (Å²) in [6.07, 6.45) is 5.57. The third-order valence-electron chi connectivity index (χ3n) is 3.42. The van der Waals surface area contributed by atoms with Gasteiger partial charge in [-0.05, 0) is 18.9 Å². The quantitative estimate of drug-likeness (QED) is 0.897. The molecule has 4 heteroatoms. The van der Waals surface area contributed by atoms with Crippen LogP contribution in [0.4, 0.5) is 5.69 Å². The summed E-state index contributed by atoms with van der Waals surface area (Å²) >= 11 is 0. The first kappa shape index (κ1) is 12.0. The molecular weight excluding hydrogens is 238 g/mol. The van der Waals surface area contributed by atoms with Crippen LogP contribution in [0.15, 0.2) is 30.5 Å². The van der Waals surface area contributed by atoms with Crippen molar-refractivity contribution in [2.24, 2.45) is 0 Å². The third kappa shape index (κ3) is 2.38. The summed E-state index contributed by atoms with van der Waals surface area (Å²) in [4.78, 5) is 16.0. The Labute approximate surface area is 112 Å². The van der Waals surface area contributed by atoms with E-state index in [1.54, 1.807) is 0 Å². The second kappa shape index (κ2) is 4.88. The van der Waals surface area contributed by atoms with Crippen LogP contribution in [0.1, 0.15) is 25.6 Å². The van der Waals surface area contributed by atoms with Gasteiger partial charge in [-0.2, -0.15) is 0 Å². The Kier molecular flexibility index (Phi) is 3.07. The van der Waals surface area contributed by atoms with E-state index in [-0.39, 0.29) is 5.91 Å². The molecule has 1 aromatic carbocycles. The molecule has 0 saturated heterocycles. The number of nitrogens with one attached hydrogen (secondary N) is 1. The number of amides is 1. The lowest BCUT2D eigenvalue weighted by molar-refractivity contribution is -0.114. The molecule has 0 spiro atoms. The van der Waals surface area contributed by atoms with Crippen LogP contribution in [0, 0.1) is 0 Å². The average Bonchev–Trinajstić information content (AvgIpc) is 2.82. The topological polar surface area (TPSA) is 46.9 Å². The van der Waals surface area contributed by atoms with E-state index in [1.165, 1.54) is 19.8 Å². The highest BCUT2D eigenvalue weighted by Crippen LogP contribution is 2.28. The van der Waals surface area contributed by atoms with Gasteiger partial charge in [-0.15, -0.1) is 0 Å². The highest BCUT2D eigenvalue weighted by atomic mass is 16.1. The Balaban J connectivity index is 2.01. The number of hydrogen-bond donors (Lipinski definition) is 1. The highest BCUT2D eigenvalue weighted by molar-refractivity contribution is 5.93. The van der Waals surface area contributed by atoms with Crippen molar-refractivity contribution >= 4 is 11.6 Å². The molecule has 0 aliphatic carbocycles. The van der Waals surface area contributed by atoms with Gasteiger partial charge in [0, 0.05) is 31.6 Å². The number of rotatable bonds is 2. The first-order chi connectivity index (χ1) is 9.24. The fraction of sp³-hybridized carbons (Fsp3) is 0.333. The molecule has 1 amide bonds. The zero-order chi connectivity index (χ0) is 13.2. The van der Waals surface area contributed by atoms with Gasteiger partial charge in [0.2, 0.25) is 5.91 Å². The van der Waals surface area contributed by atoms with Gasteiger partial charge < -0.3 is 9.88 Å². The predicted octanol–water partition coefficient (Wildman–Crippen LogP) is 2.84. The monoisotopic (exact) mass is 255 g/mol. The van der Waals surface area contributed by atoms with Crippen LogP contribution in [0.25, 0.3) is 11.3 Å². The van der Waals surface area contributed by atoms with Gasteiger partial charge in [0.25, 0.3) is 0 Å². The van der Waals surface area contributed by atoms with Crippen LogP contribution in [0.5, 0.6) is 0 Å². The molecule has 0 bridgehead atoms. The minimum absolute atomic E-state index is 0.0589. The summed E-state index contributed by atoms with van der Waals surface area (Å²) in [6.45, 7) is 2.57. The van der Waals surface area contributed by atoms with Crippen molar-refractivity contribution in [1.82, 2.24) is 9.55 Å². The molecular formula is C15H17N3O. The van der Waals surface area contributed by atoms with Crippen molar-refractivity contribution in [3.05, 3.63) is 36.3 Å². The molecule has 0 unspecified atom stereocenters. The number of anilines is 1. The Morgan fingerprint density at radius 3 is 2.95 bits per heavy atom. The fourth-order valence-corrected chi connectivity index (χ4v) is 2.55. The number of aromatic nitrogens is 2. The van der Waals surface area contributed by atoms with Crippen molar-refractivity contribution < 1.29 is 4.79 Å². The molecule has 1 aromatic heterocycles. The molecule has 1 N–H and O–H groups in total. The van der Waals surface area contributed by atoms with E-state index >= 15 is 0 Å². The molecule has 4 nitrogen and oxygen atoms in total. The Hall–Kier alpha value is -2.10. The summed E-state index contributed by atoms with van der Waals surface area (Å²) in [5.74, 6) is 1.09. The lowest BCUT2D eigenvalue weighted by atomic mass is 10.1. The number of hydrogen-bond acceptors (Lipinski definition) is 2. The molecule has 2 aromatic rings. The highest BCUT2D eigenvalue weighted by Gasteiger charge is 2.15. The molecule has 1 aliphatic heterocycles. The molecule has 0 saturated carbocycles. The van der Waals surface area contributed by atoms with Crippen LogP contribution in [0.2, 0.25) is 0 Å². The zero-order valence-electron chi connectivity index (χ0n) is 11.0. The number of nitrogens with zero attached hydrogens (tertiary/aromatic N) is 2. The summed E-state index contributed by atoms with van der Waals surface area (Å²) in [5, 5.41) is 2.86. The lowest BCUT2D eigenvalue weighted by Crippen LogP contribution is -2.08. The van der Waals surface area contributed by atoms with Crippen LogP contribution in [-0.4, -0.2) is 15.5 Å². The first-order valence-corrected chi connectivity index (χ1v) is 6.67. The zero-order valence-corrected chi connectivity index (χ0v) is 11.0. The molecule has 2 heterocycles. The SMILES string of the molecule is CC(=O)Nc1ccccc1-c1cn2c(n1)CCCC2. The van der Waals surface area contributed by atoms with E-state index in [1.807, 2.05) is 24.3 Å². The molecule has 3 rings (SSSR count). The number of carbonyl (C=O) groups is 1. The second-order valence-corrected chi connectivity index (χ2v) is 4.92. The summed E-state index contributed by atoms with van der Waals surface area (Å²) in [6, 6.07) is 7.80. The lowest BCUT2D eigenvalue weighted by Gasteiger charge is -2.11. The predicted molar refractivity (Wildman–Crippen MR) is 74.9 cm³/mol. The van der Waals surface area contributed by atoms with Gasteiger partial charge in [-0.25, -0.2) is 4.98 Å². The average molecular weight is 255 g/mol. The van der Waals surface area contributed by atoms with Crippen molar-refractivity contribution in [2.45, 2.75) is 32.7 Å². The van der Waals surface area contributed by atoms with E-state index in [0.717, 1.165) is 35.7 Å². The van der Waals surface area contributed by atoms with Gasteiger partial charge in [-0.1, -0.05) is 18.2 Å². The smallest absolute Gasteiger partial charge is 0.221 e. The van der Waals surface area contributed by atoms with Gasteiger partial charge >= 0.3 is 0 Å². The van der Waals surface area contributed by atoms with Crippen molar-refractivity contribution in [3.8, 4) is 11.3 Å². The Bertz CT molecular complexity index is 592. The molecule has 98 valence electrons. The number of fused-ring (bicyclic) bond motifs is 1. The maximum atomic E-state index is 11.3. The van der Waals surface area contributed by atoms with Crippen LogP contribution < -0.4 is 5.32 Å². The number of para-hydroxylation sites is 1. The van der Waals surface area contributed by atoms with Gasteiger partial charge in [-0.3, -0.25) is 4.79 Å². The van der Waals surface area contributed by atoms with Crippen LogP contribution >= 0.6 is 0 Å². The molecule has 1 aliphatic rings. The fourth-order valence-electron chi connectivity index (χ4n) is 2.55. The van der Waals surface area contributed by atoms with E-state index in [0.29, 0.717) is 0 Å². The molecule has 0 atom stereocenters. The summed E-state index contributed by atoms with van der Waals surface area (Å²) < 4.78 is 2.23. The molecule has 0 fully saturated rings. The maximum absolute atomic E-state index is 11.3. The second-order valence-electron chi connectivity index (χ2n) is 4.92. The van der Waals surface area contributed by atoms with Crippen LogP contribution in [-0.2, 0) is 17.8 Å². The number of imidazole rings is 1. The number of benzene rings is 1. The van der Waals surface area contributed by atoms with Crippen molar-refractivity contribution in [3.63, 3.8) is 0 Å². The van der Waals surface area contributed by atoms with Gasteiger partial charge in [0.05, 0.1) is 11.4 Å². The van der Waals surface area contributed by atoms with Gasteiger partial charge in [0.15, 0.2) is 0 Å². The molecule has 0 radical (unpaired) electrons. The Morgan fingerprint density at radius 2 is 2.16 bits per heavy atom. The van der Waals surface area contributed by atoms with Crippen molar-refractivity contribution in [2.75, 3.05) is 5.32 Å². The summed E-state index contributed by atoms with van der Waals surface area (Å²) in [7, 11) is 0. The minimum atomic E-state index is -0.0589. The van der Waals surface area contributed by atoms with E-state index < -0.39 is 0 Å². The largest absolute Gasteiger partial charge is 0.334 e. The number of aryl methyl sites for hydroxylation is 2.